The molecule has 0 aromatic heterocycles. The summed E-state index contributed by atoms with van der Waals surface area (Å²) in [6.07, 6.45) is 0. The van der Waals surface area contributed by atoms with Crippen molar-refractivity contribution in [3.8, 4) is 0 Å². The molecule has 1 rings (SSSR count). The van der Waals surface area contributed by atoms with E-state index in [4.69, 9.17) is 10.5 Å². The van der Waals surface area contributed by atoms with Crippen molar-refractivity contribution in [2.24, 2.45) is 0 Å². The molecule has 1 aromatic carbocycles. The van der Waals surface area contributed by atoms with Gasteiger partial charge in [0.2, 0.25) is 5.91 Å². The molecule has 1 atom stereocenters. The fourth-order valence-corrected chi connectivity index (χ4v) is 1.56. The molecule has 0 saturated carbocycles. The third-order valence-electron chi connectivity index (χ3n) is 2.56. The maximum Gasteiger partial charge on any atom is 0.251 e. The lowest BCUT2D eigenvalue weighted by molar-refractivity contribution is -0.121. The molecule has 0 bridgehead atoms. The van der Waals surface area contributed by atoms with Gasteiger partial charge in [-0.2, -0.15) is 0 Å². The SMILES string of the molecule is CCOCC(C)NC(=O)CNC(=O)c1ccc(N)cc1. The first kappa shape index (κ1) is 16.0. The zero-order chi connectivity index (χ0) is 15.0. The van der Waals surface area contributed by atoms with Gasteiger partial charge in [0.1, 0.15) is 0 Å². The Balaban J connectivity index is 2.33. The molecular formula is C14H21N3O3. The summed E-state index contributed by atoms with van der Waals surface area (Å²) in [5.74, 6) is -0.557. The fraction of sp³-hybridized carbons (Fsp3) is 0.429. The van der Waals surface area contributed by atoms with Crippen LogP contribution >= 0.6 is 0 Å². The lowest BCUT2D eigenvalue weighted by atomic mass is 10.2. The molecule has 0 aliphatic carbocycles. The maximum atomic E-state index is 11.8. The van der Waals surface area contributed by atoms with Crippen molar-refractivity contribution in [2.75, 3.05) is 25.5 Å². The van der Waals surface area contributed by atoms with Crippen molar-refractivity contribution in [3.63, 3.8) is 0 Å². The van der Waals surface area contributed by atoms with Crippen LogP contribution in [0.15, 0.2) is 24.3 Å². The molecule has 0 radical (unpaired) electrons. The second-order valence-corrected chi connectivity index (χ2v) is 4.43. The smallest absolute Gasteiger partial charge is 0.251 e. The van der Waals surface area contributed by atoms with E-state index >= 15 is 0 Å². The van der Waals surface area contributed by atoms with Crippen molar-refractivity contribution < 1.29 is 14.3 Å². The van der Waals surface area contributed by atoms with E-state index in [-0.39, 0.29) is 24.4 Å². The number of nitrogens with one attached hydrogen (secondary N) is 2. The highest BCUT2D eigenvalue weighted by Gasteiger charge is 2.10. The summed E-state index contributed by atoms with van der Waals surface area (Å²) in [6, 6.07) is 6.41. The lowest BCUT2D eigenvalue weighted by Gasteiger charge is -2.14. The van der Waals surface area contributed by atoms with Crippen LogP contribution in [0.5, 0.6) is 0 Å². The molecular weight excluding hydrogens is 258 g/mol. The third kappa shape index (κ3) is 5.71. The van der Waals surface area contributed by atoms with E-state index in [1.54, 1.807) is 24.3 Å². The van der Waals surface area contributed by atoms with E-state index in [9.17, 15) is 9.59 Å². The van der Waals surface area contributed by atoms with Gasteiger partial charge in [0.05, 0.1) is 13.2 Å². The average molecular weight is 279 g/mol. The van der Waals surface area contributed by atoms with Gasteiger partial charge in [-0.05, 0) is 38.1 Å². The van der Waals surface area contributed by atoms with Gasteiger partial charge < -0.3 is 21.1 Å². The molecule has 20 heavy (non-hydrogen) atoms. The first-order chi connectivity index (χ1) is 9.52. The molecule has 1 aromatic rings. The molecule has 1 unspecified atom stereocenters. The Hall–Kier alpha value is -2.08. The van der Waals surface area contributed by atoms with E-state index in [2.05, 4.69) is 10.6 Å². The number of hydrogen-bond acceptors (Lipinski definition) is 4. The van der Waals surface area contributed by atoms with E-state index < -0.39 is 0 Å². The summed E-state index contributed by atoms with van der Waals surface area (Å²) in [4.78, 5) is 23.4. The second kappa shape index (κ2) is 8.16. The lowest BCUT2D eigenvalue weighted by Crippen LogP contribution is -2.42. The standard InChI is InChI=1S/C14H21N3O3/c1-3-20-9-10(2)17-13(18)8-16-14(19)11-4-6-12(15)7-5-11/h4-7,10H,3,8-9,15H2,1-2H3,(H,16,19)(H,17,18). The maximum absolute atomic E-state index is 11.8. The highest BCUT2D eigenvalue weighted by atomic mass is 16.5. The van der Waals surface area contributed by atoms with E-state index in [1.807, 2.05) is 13.8 Å². The van der Waals surface area contributed by atoms with Crippen molar-refractivity contribution in [1.29, 1.82) is 0 Å². The largest absolute Gasteiger partial charge is 0.399 e. The third-order valence-corrected chi connectivity index (χ3v) is 2.56. The molecule has 0 spiro atoms. The molecule has 0 heterocycles. The zero-order valence-electron chi connectivity index (χ0n) is 11.8. The summed E-state index contributed by atoms with van der Waals surface area (Å²) in [6.45, 7) is 4.72. The van der Waals surface area contributed by atoms with Crippen LogP contribution in [0.2, 0.25) is 0 Å². The van der Waals surface area contributed by atoms with Gasteiger partial charge in [-0.15, -0.1) is 0 Å². The molecule has 6 nitrogen and oxygen atoms in total. The Morgan fingerprint density at radius 1 is 1.30 bits per heavy atom. The number of nitrogens with two attached hydrogens (primary N) is 1. The normalized spacial score (nSPS) is 11.7. The molecule has 2 amide bonds. The molecule has 0 aliphatic rings. The summed E-state index contributed by atoms with van der Waals surface area (Å²) in [7, 11) is 0. The number of benzene rings is 1. The highest BCUT2D eigenvalue weighted by molar-refractivity contribution is 5.96. The predicted molar refractivity (Wildman–Crippen MR) is 77.3 cm³/mol. The number of nitrogen functional groups attached to an aromatic ring is 1. The summed E-state index contributed by atoms with van der Waals surface area (Å²) < 4.78 is 5.19. The highest BCUT2D eigenvalue weighted by Crippen LogP contribution is 2.04. The van der Waals surface area contributed by atoms with Crippen LogP contribution in [0.25, 0.3) is 0 Å². The van der Waals surface area contributed by atoms with Gasteiger partial charge in [0.15, 0.2) is 0 Å². The number of rotatable bonds is 7. The Morgan fingerprint density at radius 3 is 2.55 bits per heavy atom. The Labute approximate surface area is 118 Å². The minimum atomic E-state index is -0.308. The van der Waals surface area contributed by atoms with E-state index in [1.165, 1.54) is 0 Å². The topological polar surface area (TPSA) is 93.5 Å². The Morgan fingerprint density at radius 2 is 1.95 bits per heavy atom. The molecule has 0 saturated heterocycles. The summed E-state index contributed by atoms with van der Waals surface area (Å²) in [5.41, 5.74) is 6.59. The van der Waals surface area contributed by atoms with Crippen molar-refractivity contribution in [2.45, 2.75) is 19.9 Å². The van der Waals surface area contributed by atoms with Crippen LogP contribution in [0, 0.1) is 0 Å². The van der Waals surface area contributed by atoms with Crippen LogP contribution in [-0.4, -0.2) is 37.6 Å². The predicted octanol–water partition coefficient (Wildman–Crippen LogP) is 0.540. The molecule has 0 aliphatic heterocycles. The van der Waals surface area contributed by atoms with Gasteiger partial charge in [0, 0.05) is 23.9 Å². The number of ether oxygens (including phenoxy) is 1. The molecule has 4 N–H and O–H groups in total. The van der Waals surface area contributed by atoms with Crippen LogP contribution in [0.1, 0.15) is 24.2 Å². The molecule has 6 heteroatoms. The van der Waals surface area contributed by atoms with Gasteiger partial charge in [-0.3, -0.25) is 9.59 Å². The van der Waals surface area contributed by atoms with Crippen molar-refractivity contribution >= 4 is 17.5 Å². The number of carbonyl (C=O) groups is 2. The summed E-state index contributed by atoms with van der Waals surface area (Å²) >= 11 is 0. The van der Waals surface area contributed by atoms with Gasteiger partial charge in [-0.1, -0.05) is 0 Å². The van der Waals surface area contributed by atoms with Gasteiger partial charge in [0.25, 0.3) is 5.91 Å². The average Bonchev–Trinajstić information content (AvgIpc) is 2.43. The minimum Gasteiger partial charge on any atom is -0.399 e. The van der Waals surface area contributed by atoms with E-state index in [0.717, 1.165) is 0 Å². The quantitative estimate of drug-likeness (QED) is 0.635. The fourth-order valence-electron chi connectivity index (χ4n) is 1.56. The van der Waals surface area contributed by atoms with Gasteiger partial charge >= 0.3 is 0 Å². The van der Waals surface area contributed by atoms with Crippen molar-refractivity contribution in [3.05, 3.63) is 29.8 Å². The monoisotopic (exact) mass is 279 g/mol. The van der Waals surface area contributed by atoms with Crippen molar-refractivity contribution in [1.82, 2.24) is 10.6 Å². The van der Waals surface area contributed by atoms with Crippen LogP contribution in [-0.2, 0) is 9.53 Å². The first-order valence-corrected chi connectivity index (χ1v) is 6.53. The van der Waals surface area contributed by atoms with Gasteiger partial charge in [-0.25, -0.2) is 0 Å². The van der Waals surface area contributed by atoms with Crippen LogP contribution in [0.3, 0.4) is 0 Å². The summed E-state index contributed by atoms with van der Waals surface area (Å²) in [5, 5.41) is 5.28. The Bertz CT molecular complexity index is 445. The first-order valence-electron chi connectivity index (χ1n) is 6.53. The number of anilines is 1. The van der Waals surface area contributed by atoms with Crippen LogP contribution < -0.4 is 16.4 Å². The number of hydrogen-bond donors (Lipinski definition) is 3. The zero-order valence-corrected chi connectivity index (χ0v) is 11.8. The Kier molecular flexibility index (Phi) is 6.52. The van der Waals surface area contributed by atoms with Crippen LogP contribution in [0.4, 0.5) is 5.69 Å². The molecule has 110 valence electrons. The van der Waals surface area contributed by atoms with E-state index in [0.29, 0.717) is 24.5 Å². The molecule has 0 fully saturated rings. The number of amides is 2. The minimum absolute atomic E-state index is 0.0698. The second-order valence-electron chi connectivity index (χ2n) is 4.43. The number of carbonyl (C=O) groups excluding carboxylic acids is 2.